The molecule has 4 atom stereocenters. The molecule has 1 aromatic carbocycles. The number of ether oxygens (including phenoxy) is 1. The standard InChI is InChI=1S/C20H25NO4/c1-13(12-14-8-4-3-5-9-14)17(20(24)25-2)21-18(22)15-10-6-7-11-16(15)19(21)23/h3-5,8-9,13,15-17H,6-7,10-12H2,1-2H3/t13-,15-,16+,17-/m0/s1. The summed E-state index contributed by atoms with van der Waals surface area (Å²) < 4.78 is 4.95. The van der Waals surface area contributed by atoms with Gasteiger partial charge in [0.15, 0.2) is 0 Å². The Morgan fingerprint density at radius 1 is 1.12 bits per heavy atom. The third-order valence-corrected chi connectivity index (χ3v) is 5.54. The van der Waals surface area contributed by atoms with Gasteiger partial charge < -0.3 is 4.74 Å². The van der Waals surface area contributed by atoms with Crippen molar-refractivity contribution >= 4 is 17.8 Å². The number of benzene rings is 1. The summed E-state index contributed by atoms with van der Waals surface area (Å²) in [6.45, 7) is 1.90. The number of imide groups is 1. The lowest BCUT2D eigenvalue weighted by atomic mass is 9.81. The van der Waals surface area contributed by atoms with Crippen LogP contribution in [0.3, 0.4) is 0 Å². The summed E-state index contributed by atoms with van der Waals surface area (Å²) in [5.74, 6) is -1.60. The van der Waals surface area contributed by atoms with Gasteiger partial charge in [-0.25, -0.2) is 4.79 Å². The third kappa shape index (κ3) is 3.32. The van der Waals surface area contributed by atoms with Crippen LogP contribution in [0.1, 0.15) is 38.2 Å². The number of methoxy groups -OCH3 is 1. The minimum Gasteiger partial charge on any atom is -0.467 e. The lowest BCUT2D eigenvalue weighted by Crippen LogP contribution is -2.50. The van der Waals surface area contributed by atoms with Gasteiger partial charge in [0.2, 0.25) is 11.8 Å². The second-order valence-electron chi connectivity index (χ2n) is 7.18. The summed E-state index contributed by atoms with van der Waals surface area (Å²) in [6, 6.07) is 8.93. The number of amides is 2. The molecule has 0 spiro atoms. The van der Waals surface area contributed by atoms with Gasteiger partial charge in [-0.05, 0) is 30.7 Å². The molecule has 1 saturated carbocycles. The van der Waals surface area contributed by atoms with Crippen LogP contribution < -0.4 is 0 Å². The monoisotopic (exact) mass is 343 g/mol. The van der Waals surface area contributed by atoms with E-state index in [9.17, 15) is 14.4 Å². The van der Waals surface area contributed by atoms with Crippen LogP contribution in [-0.4, -0.2) is 35.8 Å². The van der Waals surface area contributed by atoms with E-state index < -0.39 is 12.0 Å². The molecule has 5 nitrogen and oxygen atoms in total. The first-order valence-electron chi connectivity index (χ1n) is 9.03. The molecule has 2 amide bonds. The predicted octanol–water partition coefficient (Wildman–Crippen LogP) is 2.58. The van der Waals surface area contributed by atoms with Crippen molar-refractivity contribution in [3.05, 3.63) is 35.9 Å². The van der Waals surface area contributed by atoms with Crippen LogP contribution in [0.15, 0.2) is 30.3 Å². The SMILES string of the molecule is COC(=O)[C@H]([C@@H](C)Cc1ccccc1)N1C(=O)[C@H]2CCCC[C@H]2C1=O. The number of likely N-dealkylation sites (tertiary alicyclic amines) is 1. The molecule has 2 aliphatic rings. The molecule has 1 heterocycles. The minimum atomic E-state index is -0.851. The highest BCUT2D eigenvalue weighted by Gasteiger charge is 2.53. The number of carbonyl (C=O) groups excluding carboxylic acids is 3. The Morgan fingerprint density at radius 3 is 2.20 bits per heavy atom. The molecule has 134 valence electrons. The van der Waals surface area contributed by atoms with E-state index in [2.05, 4.69) is 0 Å². The van der Waals surface area contributed by atoms with E-state index in [0.717, 1.165) is 31.2 Å². The van der Waals surface area contributed by atoms with E-state index in [1.165, 1.54) is 12.0 Å². The maximum absolute atomic E-state index is 12.9. The van der Waals surface area contributed by atoms with Gasteiger partial charge in [0, 0.05) is 0 Å². The van der Waals surface area contributed by atoms with Gasteiger partial charge in [-0.15, -0.1) is 0 Å². The van der Waals surface area contributed by atoms with Crippen molar-refractivity contribution in [1.29, 1.82) is 0 Å². The van der Waals surface area contributed by atoms with Crippen LogP contribution in [0.25, 0.3) is 0 Å². The van der Waals surface area contributed by atoms with E-state index in [-0.39, 0.29) is 29.6 Å². The molecule has 0 aromatic heterocycles. The average Bonchev–Trinajstić information content (AvgIpc) is 2.88. The number of hydrogen-bond donors (Lipinski definition) is 0. The first-order chi connectivity index (χ1) is 12.0. The van der Waals surface area contributed by atoms with Crippen LogP contribution >= 0.6 is 0 Å². The summed E-state index contributed by atoms with van der Waals surface area (Å²) in [4.78, 5) is 39.4. The summed E-state index contributed by atoms with van der Waals surface area (Å²) in [5, 5.41) is 0. The normalized spacial score (nSPS) is 25.4. The first-order valence-corrected chi connectivity index (χ1v) is 9.03. The smallest absolute Gasteiger partial charge is 0.329 e. The van der Waals surface area contributed by atoms with Crippen molar-refractivity contribution in [2.45, 2.75) is 45.1 Å². The summed E-state index contributed by atoms with van der Waals surface area (Å²) in [6.07, 6.45) is 4.03. The van der Waals surface area contributed by atoms with Crippen LogP contribution in [0, 0.1) is 17.8 Å². The van der Waals surface area contributed by atoms with Gasteiger partial charge in [0.1, 0.15) is 6.04 Å². The molecule has 0 N–H and O–H groups in total. The predicted molar refractivity (Wildman–Crippen MR) is 92.4 cm³/mol. The van der Waals surface area contributed by atoms with Crippen molar-refractivity contribution in [2.24, 2.45) is 17.8 Å². The summed E-state index contributed by atoms with van der Waals surface area (Å²) in [7, 11) is 1.31. The number of hydrogen-bond acceptors (Lipinski definition) is 4. The molecular weight excluding hydrogens is 318 g/mol. The van der Waals surface area contributed by atoms with Crippen molar-refractivity contribution in [3.8, 4) is 0 Å². The summed E-state index contributed by atoms with van der Waals surface area (Å²) >= 11 is 0. The van der Waals surface area contributed by atoms with E-state index in [1.54, 1.807) is 0 Å². The van der Waals surface area contributed by atoms with E-state index in [0.29, 0.717) is 6.42 Å². The molecule has 1 saturated heterocycles. The van der Waals surface area contributed by atoms with Gasteiger partial charge >= 0.3 is 5.97 Å². The average molecular weight is 343 g/mol. The Balaban J connectivity index is 1.86. The lowest BCUT2D eigenvalue weighted by Gasteiger charge is -2.29. The zero-order valence-corrected chi connectivity index (χ0v) is 14.8. The van der Waals surface area contributed by atoms with Crippen molar-refractivity contribution in [1.82, 2.24) is 4.90 Å². The molecule has 1 aliphatic carbocycles. The molecule has 0 unspecified atom stereocenters. The molecule has 2 fully saturated rings. The topological polar surface area (TPSA) is 63.7 Å². The maximum atomic E-state index is 12.9. The Bertz CT molecular complexity index is 633. The molecule has 0 radical (unpaired) electrons. The second kappa shape index (κ2) is 7.38. The van der Waals surface area contributed by atoms with Gasteiger partial charge in [0.25, 0.3) is 0 Å². The molecular formula is C20H25NO4. The Kier molecular flexibility index (Phi) is 5.21. The molecule has 25 heavy (non-hydrogen) atoms. The van der Waals surface area contributed by atoms with Crippen LogP contribution in [0.4, 0.5) is 0 Å². The van der Waals surface area contributed by atoms with E-state index in [1.807, 2.05) is 37.3 Å². The number of carbonyl (C=O) groups is 3. The molecule has 5 heteroatoms. The fourth-order valence-corrected chi connectivity index (χ4v) is 4.27. The van der Waals surface area contributed by atoms with Gasteiger partial charge in [-0.2, -0.15) is 0 Å². The van der Waals surface area contributed by atoms with Crippen molar-refractivity contribution < 1.29 is 19.1 Å². The third-order valence-electron chi connectivity index (χ3n) is 5.54. The van der Waals surface area contributed by atoms with E-state index >= 15 is 0 Å². The number of nitrogens with zero attached hydrogens (tertiary/aromatic N) is 1. The van der Waals surface area contributed by atoms with Crippen LogP contribution in [0.2, 0.25) is 0 Å². The second-order valence-corrected chi connectivity index (χ2v) is 7.18. The Labute approximate surface area is 148 Å². The van der Waals surface area contributed by atoms with Gasteiger partial charge in [-0.3, -0.25) is 14.5 Å². The first kappa shape index (κ1) is 17.6. The highest BCUT2D eigenvalue weighted by Crippen LogP contribution is 2.40. The van der Waals surface area contributed by atoms with Crippen LogP contribution in [0.5, 0.6) is 0 Å². The highest BCUT2D eigenvalue weighted by atomic mass is 16.5. The number of rotatable bonds is 5. The zero-order chi connectivity index (χ0) is 18.0. The molecule has 1 aliphatic heterocycles. The van der Waals surface area contributed by atoms with E-state index in [4.69, 9.17) is 4.74 Å². The number of esters is 1. The van der Waals surface area contributed by atoms with Crippen LogP contribution in [-0.2, 0) is 25.5 Å². The molecule has 0 bridgehead atoms. The highest BCUT2D eigenvalue weighted by molar-refractivity contribution is 6.08. The summed E-state index contributed by atoms with van der Waals surface area (Å²) in [5.41, 5.74) is 1.07. The zero-order valence-electron chi connectivity index (χ0n) is 14.8. The largest absolute Gasteiger partial charge is 0.467 e. The van der Waals surface area contributed by atoms with Gasteiger partial charge in [-0.1, -0.05) is 50.1 Å². The quantitative estimate of drug-likeness (QED) is 0.609. The minimum absolute atomic E-state index is 0.190. The van der Waals surface area contributed by atoms with Gasteiger partial charge in [0.05, 0.1) is 18.9 Å². The lowest BCUT2D eigenvalue weighted by molar-refractivity contribution is -0.159. The van der Waals surface area contributed by atoms with Crippen molar-refractivity contribution in [3.63, 3.8) is 0 Å². The molecule has 3 rings (SSSR count). The Hall–Kier alpha value is -2.17. The number of fused-ring (bicyclic) bond motifs is 1. The fourth-order valence-electron chi connectivity index (χ4n) is 4.27. The molecule has 1 aromatic rings. The maximum Gasteiger partial charge on any atom is 0.329 e. The Morgan fingerprint density at radius 2 is 1.68 bits per heavy atom. The van der Waals surface area contributed by atoms with Crippen molar-refractivity contribution in [2.75, 3.05) is 7.11 Å². The fraction of sp³-hybridized carbons (Fsp3) is 0.550.